The highest BCUT2D eigenvalue weighted by atomic mass is 32.1. The van der Waals surface area contributed by atoms with E-state index in [1.165, 1.54) is 24.9 Å². The average molecular weight is 278 g/mol. The second-order valence-corrected chi connectivity index (χ2v) is 6.18. The fraction of sp³-hybridized carbons (Fsp3) is 0.714. The zero-order chi connectivity index (χ0) is 13.6. The van der Waals surface area contributed by atoms with Crippen LogP contribution in [0.1, 0.15) is 51.3 Å². The van der Waals surface area contributed by atoms with E-state index in [2.05, 4.69) is 28.5 Å². The Labute approximate surface area is 118 Å². The fourth-order valence-corrected chi connectivity index (χ4v) is 3.79. The highest BCUT2D eigenvalue weighted by Gasteiger charge is 2.28. The fourth-order valence-electron chi connectivity index (χ4n) is 3.47. The number of rotatable bonds is 3. The van der Waals surface area contributed by atoms with Crippen molar-refractivity contribution in [2.45, 2.75) is 52.0 Å². The third kappa shape index (κ3) is 1.95. The van der Waals surface area contributed by atoms with Gasteiger partial charge in [-0.15, -0.1) is 0 Å². The first kappa shape index (κ1) is 12.9. The van der Waals surface area contributed by atoms with Gasteiger partial charge in [0.25, 0.3) is 0 Å². The normalized spacial score (nSPS) is 23.5. The maximum absolute atomic E-state index is 5.57. The molecule has 5 heteroatoms. The van der Waals surface area contributed by atoms with E-state index in [4.69, 9.17) is 12.2 Å². The number of nitrogens with zero attached hydrogens (tertiary/aromatic N) is 3. The van der Waals surface area contributed by atoms with Crippen LogP contribution in [-0.4, -0.2) is 19.3 Å². The van der Waals surface area contributed by atoms with Crippen molar-refractivity contribution < 1.29 is 0 Å². The number of fused-ring (bicyclic) bond motifs is 1. The van der Waals surface area contributed by atoms with Crippen molar-refractivity contribution in [3.05, 3.63) is 10.5 Å². The third-order valence-electron chi connectivity index (χ3n) is 4.40. The third-order valence-corrected chi connectivity index (χ3v) is 4.70. The van der Waals surface area contributed by atoms with Crippen molar-refractivity contribution >= 4 is 23.4 Å². The maximum atomic E-state index is 5.57. The minimum Gasteiger partial charge on any atom is -0.328 e. The highest BCUT2D eigenvalue weighted by molar-refractivity contribution is 7.71. The quantitative estimate of drug-likeness (QED) is 0.868. The standard InChI is InChI=1S/C14H22N4S/c1-4-6-10-12-13(17(3)16-10)18(14(19)15-12)11-8-5-7-9(11)2/h9,11H,4-8H2,1-3H3,(H,15,19). The molecule has 0 radical (unpaired) electrons. The Kier molecular flexibility index (Phi) is 3.25. The summed E-state index contributed by atoms with van der Waals surface area (Å²) in [5.74, 6) is 0.704. The molecule has 4 nitrogen and oxygen atoms in total. The molecular formula is C14H22N4S. The molecule has 2 heterocycles. The minimum absolute atomic E-state index is 0.533. The van der Waals surface area contributed by atoms with Gasteiger partial charge in [0, 0.05) is 13.1 Å². The molecule has 2 unspecified atom stereocenters. The molecule has 0 amide bonds. The molecule has 3 rings (SSSR count). The molecule has 104 valence electrons. The molecule has 1 saturated carbocycles. The smallest absolute Gasteiger partial charge is 0.179 e. The largest absolute Gasteiger partial charge is 0.328 e. The first-order valence-corrected chi connectivity index (χ1v) is 7.70. The van der Waals surface area contributed by atoms with E-state index in [1.807, 2.05) is 11.7 Å². The lowest BCUT2D eigenvalue weighted by Gasteiger charge is -2.18. The Hall–Kier alpha value is -1.10. The van der Waals surface area contributed by atoms with Crippen molar-refractivity contribution in [2.24, 2.45) is 13.0 Å². The molecule has 0 spiro atoms. The predicted molar refractivity (Wildman–Crippen MR) is 79.9 cm³/mol. The van der Waals surface area contributed by atoms with E-state index in [0.29, 0.717) is 12.0 Å². The number of hydrogen-bond donors (Lipinski definition) is 1. The van der Waals surface area contributed by atoms with E-state index >= 15 is 0 Å². The lowest BCUT2D eigenvalue weighted by Crippen LogP contribution is -2.13. The SMILES string of the molecule is CCCc1nn(C)c2c1[nH]c(=S)n2C1CCCC1C. The van der Waals surface area contributed by atoms with Crippen LogP contribution in [0.2, 0.25) is 0 Å². The van der Waals surface area contributed by atoms with Gasteiger partial charge >= 0.3 is 0 Å². The molecule has 0 saturated heterocycles. The van der Waals surface area contributed by atoms with E-state index in [0.717, 1.165) is 28.8 Å². The zero-order valence-electron chi connectivity index (χ0n) is 11.9. The van der Waals surface area contributed by atoms with E-state index in [1.54, 1.807) is 0 Å². The van der Waals surface area contributed by atoms with Gasteiger partial charge in [-0.05, 0) is 37.4 Å². The van der Waals surface area contributed by atoms with Gasteiger partial charge in [0.2, 0.25) is 0 Å². The van der Waals surface area contributed by atoms with Gasteiger partial charge in [-0.25, -0.2) is 0 Å². The van der Waals surface area contributed by atoms with Crippen molar-refractivity contribution in [3.63, 3.8) is 0 Å². The summed E-state index contributed by atoms with van der Waals surface area (Å²) in [5.41, 5.74) is 3.47. The predicted octanol–water partition coefficient (Wildman–Crippen LogP) is 3.75. The Balaban J connectivity index is 2.19. The second kappa shape index (κ2) is 4.78. The first-order valence-electron chi connectivity index (χ1n) is 7.29. The van der Waals surface area contributed by atoms with Crippen LogP contribution >= 0.6 is 12.2 Å². The van der Waals surface area contributed by atoms with E-state index in [9.17, 15) is 0 Å². The summed E-state index contributed by atoms with van der Waals surface area (Å²) in [6.07, 6.45) is 5.96. The molecular weight excluding hydrogens is 256 g/mol. The Morgan fingerprint density at radius 2 is 2.21 bits per heavy atom. The van der Waals surface area contributed by atoms with Crippen molar-refractivity contribution in [1.82, 2.24) is 19.3 Å². The molecule has 1 N–H and O–H groups in total. The van der Waals surface area contributed by atoms with Crippen LogP contribution < -0.4 is 0 Å². The van der Waals surface area contributed by atoms with Gasteiger partial charge in [-0.3, -0.25) is 9.25 Å². The number of hydrogen-bond acceptors (Lipinski definition) is 2. The molecule has 1 aliphatic carbocycles. The van der Waals surface area contributed by atoms with Crippen molar-refractivity contribution in [3.8, 4) is 0 Å². The van der Waals surface area contributed by atoms with Crippen LogP contribution in [0.25, 0.3) is 11.2 Å². The van der Waals surface area contributed by atoms with Crippen LogP contribution in [0, 0.1) is 10.7 Å². The molecule has 0 bridgehead atoms. The Morgan fingerprint density at radius 1 is 1.42 bits per heavy atom. The average Bonchev–Trinajstić information content (AvgIpc) is 2.98. The number of aromatic nitrogens is 4. The minimum atomic E-state index is 0.533. The van der Waals surface area contributed by atoms with Crippen LogP contribution in [0.4, 0.5) is 0 Å². The molecule has 2 aromatic heterocycles. The van der Waals surface area contributed by atoms with E-state index in [-0.39, 0.29) is 0 Å². The van der Waals surface area contributed by atoms with Gasteiger partial charge in [0.1, 0.15) is 5.52 Å². The van der Waals surface area contributed by atoms with E-state index < -0.39 is 0 Å². The maximum Gasteiger partial charge on any atom is 0.179 e. The second-order valence-electron chi connectivity index (χ2n) is 5.79. The van der Waals surface area contributed by atoms with Crippen LogP contribution in [0.3, 0.4) is 0 Å². The summed E-state index contributed by atoms with van der Waals surface area (Å²) in [5, 5.41) is 4.66. The first-order chi connectivity index (χ1) is 9.13. The Bertz CT molecular complexity index is 648. The van der Waals surface area contributed by atoms with Gasteiger partial charge in [0.15, 0.2) is 10.4 Å². The van der Waals surface area contributed by atoms with Gasteiger partial charge in [-0.1, -0.05) is 26.7 Å². The van der Waals surface area contributed by atoms with Crippen LogP contribution in [-0.2, 0) is 13.5 Å². The summed E-state index contributed by atoms with van der Waals surface area (Å²) in [4.78, 5) is 3.39. The number of nitrogens with one attached hydrogen (secondary N) is 1. The molecule has 0 aromatic carbocycles. The summed E-state index contributed by atoms with van der Waals surface area (Å²) in [6.45, 7) is 4.52. The lowest BCUT2D eigenvalue weighted by molar-refractivity contribution is 0.407. The van der Waals surface area contributed by atoms with Crippen molar-refractivity contribution in [2.75, 3.05) is 0 Å². The number of aromatic amines is 1. The molecule has 1 aliphatic rings. The van der Waals surface area contributed by atoms with Gasteiger partial charge in [-0.2, -0.15) is 5.10 Å². The summed E-state index contributed by atoms with van der Waals surface area (Å²) < 4.78 is 5.17. The number of imidazole rings is 1. The molecule has 19 heavy (non-hydrogen) atoms. The number of H-pyrrole nitrogens is 1. The van der Waals surface area contributed by atoms with Crippen LogP contribution in [0.15, 0.2) is 0 Å². The molecule has 0 aliphatic heterocycles. The number of aryl methyl sites for hydroxylation is 2. The molecule has 1 fully saturated rings. The monoisotopic (exact) mass is 278 g/mol. The van der Waals surface area contributed by atoms with Gasteiger partial charge in [0.05, 0.1) is 5.69 Å². The summed E-state index contributed by atoms with van der Waals surface area (Å²) in [7, 11) is 2.03. The zero-order valence-corrected chi connectivity index (χ0v) is 12.8. The highest BCUT2D eigenvalue weighted by Crippen LogP contribution is 2.37. The topological polar surface area (TPSA) is 38.5 Å². The molecule has 2 aromatic rings. The van der Waals surface area contributed by atoms with Gasteiger partial charge < -0.3 is 4.98 Å². The summed E-state index contributed by atoms with van der Waals surface area (Å²) >= 11 is 5.57. The molecule has 2 atom stereocenters. The summed E-state index contributed by atoms with van der Waals surface area (Å²) in [6, 6.07) is 0.533. The van der Waals surface area contributed by atoms with Crippen LogP contribution in [0.5, 0.6) is 0 Å². The van der Waals surface area contributed by atoms with Crippen molar-refractivity contribution in [1.29, 1.82) is 0 Å². The lowest BCUT2D eigenvalue weighted by atomic mass is 10.1. The Morgan fingerprint density at radius 3 is 2.84 bits per heavy atom.